The number of pyridine rings is 1. The highest BCUT2D eigenvalue weighted by Crippen LogP contribution is 2.13. The second-order valence-electron chi connectivity index (χ2n) is 6.11. The van der Waals surface area contributed by atoms with E-state index in [1.165, 1.54) is 5.56 Å². The van der Waals surface area contributed by atoms with Crippen LogP contribution in [0.15, 0.2) is 54.7 Å². The molecule has 0 aliphatic carbocycles. The van der Waals surface area contributed by atoms with Gasteiger partial charge in [0.15, 0.2) is 0 Å². The van der Waals surface area contributed by atoms with Gasteiger partial charge in [0.25, 0.3) is 0 Å². The van der Waals surface area contributed by atoms with Gasteiger partial charge in [0, 0.05) is 45.0 Å². The molecule has 1 aromatic carbocycles. The van der Waals surface area contributed by atoms with Gasteiger partial charge in [-0.1, -0.05) is 30.3 Å². The molecule has 0 atom stereocenters. The number of aromatic nitrogens is 1. The van der Waals surface area contributed by atoms with Gasteiger partial charge in [0.05, 0.1) is 0 Å². The molecule has 1 amide bonds. The fourth-order valence-electron chi connectivity index (χ4n) is 2.92. The summed E-state index contributed by atoms with van der Waals surface area (Å²) in [5.74, 6) is 1.05. The van der Waals surface area contributed by atoms with Crippen LogP contribution >= 0.6 is 0 Å². The molecule has 1 aromatic heterocycles. The van der Waals surface area contributed by atoms with Gasteiger partial charge in [-0.05, 0) is 36.4 Å². The maximum Gasteiger partial charge on any atom is 0.246 e. The summed E-state index contributed by atoms with van der Waals surface area (Å²) in [6.07, 6.45) is 5.36. The third kappa shape index (κ3) is 4.67. The summed E-state index contributed by atoms with van der Waals surface area (Å²) < 4.78 is 0. The molecule has 1 fully saturated rings. The van der Waals surface area contributed by atoms with Crippen LogP contribution in [0, 0.1) is 0 Å². The van der Waals surface area contributed by atoms with Gasteiger partial charge in [-0.25, -0.2) is 4.98 Å². The van der Waals surface area contributed by atoms with E-state index in [9.17, 15) is 4.79 Å². The molecule has 2 aromatic rings. The van der Waals surface area contributed by atoms with Gasteiger partial charge in [0.2, 0.25) is 5.91 Å². The molecule has 1 N–H and O–H groups in total. The Labute approximate surface area is 149 Å². The van der Waals surface area contributed by atoms with E-state index in [0.717, 1.165) is 44.1 Å². The van der Waals surface area contributed by atoms with Crippen molar-refractivity contribution in [3.63, 3.8) is 0 Å². The Kier molecular flexibility index (Phi) is 5.80. The van der Waals surface area contributed by atoms with Crippen molar-refractivity contribution in [3.05, 3.63) is 65.9 Å². The number of hydrogen-bond donors (Lipinski definition) is 1. The van der Waals surface area contributed by atoms with Crippen LogP contribution in [-0.4, -0.2) is 49.0 Å². The number of amides is 1. The Hall–Kier alpha value is -2.66. The zero-order valence-electron chi connectivity index (χ0n) is 14.6. The molecule has 1 saturated heterocycles. The molecule has 130 valence electrons. The standard InChI is InChI=1S/C20H24N4O/c1-21-16-18-7-5-17(6-8-18)9-10-20(25)24-14-12-23(13-15-24)19-4-2-3-11-22-19/h2-11,21H,12-16H2,1H3/b10-9+. The summed E-state index contributed by atoms with van der Waals surface area (Å²) in [6, 6.07) is 14.1. The average molecular weight is 336 g/mol. The first kappa shape index (κ1) is 17.2. The van der Waals surface area contributed by atoms with Crippen molar-refractivity contribution in [2.24, 2.45) is 0 Å². The molecule has 0 radical (unpaired) electrons. The molecule has 0 spiro atoms. The summed E-state index contributed by atoms with van der Waals surface area (Å²) in [5.41, 5.74) is 2.27. The van der Waals surface area contributed by atoms with Crippen molar-refractivity contribution >= 4 is 17.8 Å². The lowest BCUT2D eigenvalue weighted by atomic mass is 10.1. The van der Waals surface area contributed by atoms with Crippen molar-refractivity contribution in [3.8, 4) is 0 Å². The molecule has 0 bridgehead atoms. The average Bonchev–Trinajstić information content (AvgIpc) is 2.68. The third-order valence-corrected chi connectivity index (χ3v) is 4.34. The summed E-state index contributed by atoms with van der Waals surface area (Å²) in [6.45, 7) is 3.93. The molecule has 1 aliphatic rings. The van der Waals surface area contributed by atoms with Gasteiger partial charge >= 0.3 is 0 Å². The topological polar surface area (TPSA) is 48.5 Å². The van der Waals surface area contributed by atoms with Gasteiger partial charge in [-0.3, -0.25) is 4.79 Å². The minimum absolute atomic E-state index is 0.0694. The van der Waals surface area contributed by atoms with Crippen LogP contribution in [0.4, 0.5) is 5.82 Å². The van der Waals surface area contributed by atoms with Crippen LogP contribution in [0.3, 0.4) is 0 Å². The molecule has 1 aliphatic heterocycles. The minimum Gasteiger partial charge on any atom is -0.353 e. The summed E-state index contributed by atoms with van der Waals surface area (Å²) in [7, 11) is 1.93. The smallest absolute Gasteiger partial charge is 0.246 e. The molecule has 2 heterocycles. The van der Waals surface area contributed by atoms with E-state index in [2.05, 4.69) is 27.3 Å². The van der Waals surface area contributed by atoms with Crippen LogP contribution in [-0.2, 0) is 11.3 Å². The van der Waals surface area contributed by atoms with E-state index >= 15 is 0 Å². The number of piperazine rings is 1. The number of nitrogens with one attached hydrogen (secondary N) is 1. The van der Waals surface area contributed by atoms with E-state index in [-0.39, 0.29) is 5.91 Å². The van der Waals surface area contributed by atoms with Crippen molar-refractivity contribution < 1.29 is 4.79 Å². The van der Waals surface area contributed by atoms with Crippen molar-refractivity contribution in [2.75, 3.05) is 38.1 Å². The molecule has 0 unspecified atom stereocenters. The molecule has 5 nitrogen and oxygen atoms in total. The van der Waals surface area contributed by atoms with Crippen LogP contribution in [0.25, 0.3) is 6.08 Å². The lowest BCUT2D eigenvalue weighted by molar-refractivity contribution is -0.126. The largest absolute Gasteiger partial charge is 0.353 e. The predicted molar refractivity (Wildman–Crippen MR) is 101 cm³/mol. The summed E-state index contributed by atoms with van der Waals surface area (Å²) in [4.78, 5) is 20.9. The number of anilines is 1. The highest BCUT2D eigenvalue weighted by Gasteiger charge is 2.20. The van der Waals surface area contributed by atoms with Crippen molar-refractivity contribution in [2.45, 2.75) is 6.54 Å². The minimum atomic E-state index is 0.0694. The first-order valence-electron chi connectivity index (χ1n) is 8.63. The van der Waals surface area contributed by atoms with E-state index in [1.54, 1.807) is 12.3 Å². The van der Waals surface area contributed by atoms with Crippen molar-refractivity contribution in [1.82, 2.24) is 15.2 Å². The van der Waals surface area contributed by atoms with Crippen LogP contribution in [0.1, 0.15) is 11.1 Å². The molecular weight excluding hydrogens is 312 g/mol. The van der Waals surface area contributed by atoms with Gasteiger partial charge in [0.1, 0.15) is 5.82 Å². The summed E-state index contributed by atoms with van der Waals surface area (Å²) in [5, 5.41) is 3.12. The Morgan fingerprint density at radius 3 is 2.52 bits per heavy atom. The van der Waals surface area contributed by atoms with Crippen LogP contribution in [0.2, 0.25) is 0 Å². The third-order valence-electron chi connectivity index (χ3n) is 4.34. The molecule has 25 heavy (non-hydrogen) atoms. The fourth-order valence-corrected chi connectivity index (χ4v) is 2.92. The van der Waals surface area contributed by atoms with Crippen LogP contribution < -0.4 is 10.2 Å². The maximum absolute atomic E-state index is 12.4. The maximum atomic E-state index is 12.4. The van der Waals surface area contributed by atoms with E-state index in [4.69, 9.17) is 0 Å². The van der Waals surface area contributed by atoms with Gasteiger partial charge < -0.3 is 15.1 Å². The summed E-state index contributed by atoms with van der Waals surface area (Å²) >= 11 is 0. The number of benzene rings is 1. The Balaban J connectivity index is 1.52. The second-order valence-corrected chi connectivity index (χ2v) is 6.11. The Morgan fingerprint density at radius 1 is 1.12 bits per heavy atom. The van der Waals surface area contributed by atoms with Gasteiger partial charge in [-0.2, -0.15) is 0 Å². The predicted octanol–water partition coefficient (Wildman–Crippen LogP) is 2.16. The Bertz CT molecular complexity index is 704. The molecular formula is C20H24N4O. The zero-order chi connectivity index (χ0) is 17.5. The fraction of sp³-hybridized carbons (Fsp3) is 0.300. The highest BCUT2D eigenvalue weighted by atomic mass is 16.2. The first-order chi connectivity index (χ1) is 12.3. The first-order valence-corrected chi connectivity index (χ1v) is 8.63. The van der Waals surface area contributed by atoms with E-state index < -0.39 is 0 Å². The van der Waals surface area contributed by atoms with Crippen molar-refractivity contribution in [1.29, 1.82) is 0 Å². The molecule has 5 heteroatoms. The zero-order valence-corrected chi connectivity index (χ0v) is 14.6. The monoisotopic (exact) mass is 336 g/mol. The number of carbonyl (C=O) groups excluding carboxylic acids is 1. The normalized spacial score (nSPS) is 14.9. The number of rotatable bonds is 5. The second kappa shape index (κ2) is 8.44. The van der Waals surface area contributed by atoms with E-state index in [1.807, 2.05) is 48.4 Å². The lowest BCUT2D eigenvalue weighted by Gasteiger charge is -2.34. The molecule has 0 saturated carbocycles. The highest BCUT2D eigenvalue weighted by molar-refractivity contribution is 5.92. The number of nitrogens with zero attached hydrogens (tertiary/aromatic N) is 3. The SMILES string of the molecule is CNCc1ccc(/C=C/C(=O)N2CCN(c3ccccn3)CC2)cc1. The number of hydrogen-bond acceptors (Lipinski definition) is 4. The Morgan fingerprint density at radius 2 is 1.88 bits per heavy atom. The molecule has 3 rings (SSSR count). The van der Waals surface area contributed by atoms with E-state index in [0.29, 0.717) is 0 Å². The number of carbonyl (C=O) groups is 1. The quantitative estimate of drug-likeness (QED) is 0.850. The van der Waals surface area contributed by atoms with Gasteiger partial charge in [-0.15, -0.1) is 0 Å². The van der Waals surface area contributed by atoms with Crippen LogP contribution in [0.5, 0.6) is 0 Å². The lowest BCUT2D eigenvalue weighted by Crippen LogP contribution is -2.48.